The zero-order valence-corrected chi connectivity index (χ0v) is 5.16. The van der Waals surface area contributed by atoms with Crippen LogP contribution in [0.3, 0.4) is 0 Å². The molecule has 0 aliphatic heterocycles. The van der Waals surface area contributed by atoms with Crippen molar-refractivity contribution in [2.75, 3.05) is 0 Å². The first kappa shape index (κ1) is 7.30. The van der Waals surface area contributed by atoms with Crippen LogP contribution in [0.5, 0.6) is 0 Å². The molecule has 40 valence electrons. The summed E-state index contributed by atoms with van der Waals surface area (Å²) in [5.41, 5.74) is -0.256. The highest BCUT2D eigenvalue weighted by molar-refractivity contribution is 6.56. The molecule has 4 heteroatoms. The van der Waals surface area contributed by atoms with Crippen LogP contribution in [0.25, 0.3) is 0 Å². The maximum Gasteiger partial charge on any atom is 0.159 e. The van der Waals surface area contributed by atoms with Crippen LogP contribution in [-0.2, 0) is 0 Å². The Hall–Kier alpha value is -0.700. The summed E-state index contributed by atoms with van der Waals surface area (Å²) in [6.45, 7) is 0. The minimum absolute atomic E-state index is 0.256. The third-order valence-electron chi connectivity index (χ3n) is 0.413. The van der Waals surface area contributed by atoms with E-state index in [0.29, 0.717) is 0 Å². The lowest BCUT2D eigenvalue weighted by Gasteiger charge is -1.76. The lowest BCUT2D eigenvalue weighted by molar-refractivity contribution is 1.46. The van der Waals surface area contributed by atoms with Gasteiger partial charge in [-0.25, -0.2) is 0 Å². The Bertz CT molecular complexity index is 173. The van der Waals surface area contributed by atoms with Crippen molar-refractivity contribution < 1.29 is 0 Å². The number of rotatable bonds is 0. The van der Waals surface area contributed by atoms with Crippen molar-refractivity contribution in [3.05, 3.63) is 10.1 Å². The van der Waals surface area contributed by atoms with Gasteiger partial charge in [-0.2, -0.15) is 10.5 Å². The van der Waals surface area contributed by atoms with Gasteiger partial charge in [-0.3, -0.25) is 0 Å². The molecular formula is C4Cl2N2. The fourth-order valence-electron chi connectivity index (χ4n) is 0.110. The number of hydrogen-bond donors (Lipinski definition) is 0. The summed E-state index contributed by atoms with van der Waals surface area (Å²) in [5.74, 6) is 0. The highest BCUT2D eigenvalue weighted by Crippen LogP contribution is 2.11. The molecule has 0 bridgehead atoms. The van der Waals surface area contributed by atoms with Gasteiger partial charge in [-0.15, -0.1) is 0 Å². The smallest absolute Gasteiger partial charge is 0.159 e. The number of allylic oxidation sites excluding steroid dienone is 1. The van der Waals surface area contributed by atoms with Crippen molar-refractivity contribution in [3.63, 3.8) is 0 Å². The van der Waals surface area contributed by atoms with Gasteiger partial charge < -0.3 is 0 Å². The number of nitriles is 2. The molecule has 0 aromatic carbocycles. The van der Waals surface area contributed by atoms with Gasteiger partial charge in [-0.05, 0) is 0 Å². The molecule has 0 radical (unpaired) electrons. The zero-order chi connectivity index (χ0) is 6.57. The van der Waals surface area contributed by atoms with Crippen LogP contribution < -0.4 is 0 Å². The van der Waals surface area contributed by atoms with Gasteiger partial charge >= 0.3 is 0 Å². The van der Waals surface area contributed by atoms with Gasteiger partial charge in [0.05, 0.1) is 0 Å². The van der Waals surface area contributed by atoms with Gasteiger partial charge in [0.15, 0.2) is 5.57 Å². The van der Waals surface area contributed by atoms with Crippen molar-refractivity contribution in [3.8, 4) is 12.1 Å². The fraction of sp³-hybridized carbons (Fsp3) is 0. The standard InChI is InChI=1S/C4Cl2N2/c5-4(6)3(1-7)2-8. The van der Waals surface area contributed by atoms with E-state index in [9.17, 15) is 0 Å². The average molecular weight is 147 g/mol. The first-order valence-corrected chi connectivity index (χ1v) is 2.33. The summed E-state index contributed by atoms with van der Waals surface area (Å²) < 4.78 is -0.282. The molecule has 0 saturated carbocycles. The molecule has 0 fully saturated rings. The summed E-state index contributed by atoms with van der Waals surface area (Å²) in [7, 11) is 0. The van der Waals surface area contributed by atoms with E-state index in [-0.39, 0.29) is 10.1 Å². The van der Waals surface area contributed by atoms with Gasteiger partial charge in [0.25, 0.3) is 0 Å². The first-order chi connectivity index (χ1) is 3.72. The topological polar surface area (TPSA) is 47.6 Å². The van der Waals surface area contributed by atoms with Crippen molar-refractivity contribution in [1.29, 1.82) is 10.5 Å². The SMILES string of the molecule is N#CC(C#N)=C(Cl)Cl. The highest BCUT2D eigenvalue weighted by Gasteiger charge is 1.96. The summed E-state index contributed by atoms with van der Waals surface area (Å²) in [6, 6.07) is 3.01. The summed E-state index contributed by atoms with van der Waals surface area (Å²) in [6.07, 6.45) is 0. The van der Waals surface area contributed by atoms with Gasteiger partial charge in [0, 0.05) is 0 Å². The van der Waals surface area contributed by atoms with Crippen molar-refractivity contribution >= 4 is 23.2 Å². The molecule has 0 N–H and O–H groups in total. The molecule has 0 amide bonds. The largest absolute Gasteiger partial charge is 0.192 e. The second kappa shape index (κ2) is 3.32. The zero-order valence-electron chi connectivity index (χ0n) is 3.65. The van der Waals surface area contributed by atoms with Crippen molar-refractivity contribution in [2.24, 2.45) is 0 Å². The summed E-state index contributed by atoms with van der Waals surface area (Å²) >= 11 is 10.1. The molecule has 0 aliphatic carbocycles. The Morgan fingerprint density at radius 3 is 1.50 bits per heavy atom. The highest BCUT2D eigenvalue weighted by atomic mass is 35.5. The molecule has 0 heterocycles. The average Bonchev–Trinajstić information content (AvgIpc) is 1.69. The monoisotopic (exact) mass is 146 g/mol. The Labute approximate surface area is 56.5 Å². The van der Waals surface area contributed by atoms with E-state index in [1.165, 1.54) is 12.1 Å². The van der Waals surface area contributed by atoms with Crippen LogP contribution in [0.4, 0.5) is 0 Å². The van der Waals surface area contributed by atoms with E-state index in [1.807, 2.05) is 0 Å². The number of hydrogen-bond acceptors (Lipinski definition) is 2. The molecule has 0 spiro atoms. The van der Waals surface area contributed by atoms with Crippen LogP contribution in [0.2, 0.25) is 0 Å². The molecule has 8 heavy (non-hydrogen) atoms. The Morgan fingerprint density at radius 2 is 1.50 bits per heavy atom. The normalized spacial score (nSPS) is 6.50. The van der Waals surface area contributed by atoms with Crippen LogP contribution >= 0.6 is 23.2 Å². The van der Waals surface area contributed by atoms with E-state index in [1.54, 1.807) is 0 Å². The van der Waals surface area contributed by atoms with Crippen LogP contribution in [0.1, 0.15) is 0 Å². The first-order valence-electron chi connectivity index (χ1n) is 1.58. The van der Waals surface area contributed by atoms with Crippen LogP contribution in [0, 0.1) is 22.7 Å². The third kappa shape index (κ3) is 1.84. The second-order valence-corrected chi connectivity index (χ2v) is 1.81. The molecule has 0 aromatic rings. The van der Waals surface area contributed by atoms with Crippen molar-refractivity contribution in [1.82, 2.24) is 0 Å². The number of nitrogens with zero attached hydrogens (tertiary/aromatic N) is 2. The second-order valence-electron chi connectivity index (χ2n) is 0.859. The molecule has 0 saturated heterocycles. The van der Waals surface area contributed by atoms with E-state index >= 15 is 0 Å². The molecule has 0 atom stereocenters. The van der Waals surface area contributed by atoms with Crippen molar-refractivity contribution in [2.45, 2.75) is 0 Å². The molecule has 0 unspecified atom stereocenters. The Kier molecular flexibility index (Phi) is 3.03. The quantitative estimate of drug-likeness (QED) is 0.489. The lowest BCUT2D eigenvalue weighted by atomic mass is 10.4. The summed E-state index contributed by atoms with van der Waals surface area (Å²) in [4.78, 5) is 0. The molecule has 0 rings (SSSR count). The van der Waals surface area contributed by atoms with Gasteiger partial charge in [-0.1, -0.05) is 23.2 Å². The van der Waals surface area contributed by atoms with Crippen LogP contribution in [-0.4, -0.2) is 0 Å². The molecule has 2 nitrogen and oxygen atoms in total. The van der Waals surface area contributed by atoms with E-state index in [0.717, 1.165) is 0 Å². The summed E-state index contributed by atoms with van der Waals surface area (Å²) in [5, 5.41) is 16.0. The maximum absolute atomic E-state index is 8.00. The predicted molar refractivity (Wildman–Crippen MR) is 30.0 cm³/mol. The minimum Gasteiger partial charge on any atom is -0.192 e. The molecule has 0 aromatic heterocycles. The van der Waals surface area contributed by atoms with E-state index < -0.39 is 0 Å². The predicted octanol–water partition coefficient (Wildman–Crippen LogP) is 1.72. The molecule has 0 aliphatic rings. The maximum atomic E-state index is 8.00. The molecular weight excluding hydrogens is 147 g/mol. The Morgan fingerprint density at radius 1 is 1.12 bits per heavy atom. The minimum atomic E-state index is -0.282. The Balaban J connectivity index is 4.47. The van der Waals surface area contributed by atoms with E-state index in [2.05, 4.69) is 0 Å². The third-order valence-corrected chi connectivity index (χ3v) is 0.791. The van der Waals surface area contributed by atoms with Gasteiger partial charge in [0.2, 0.25) is 0 Å². The lowest BCUT2D eigenvalue weighted by Crippen LogP contribution is -1.68. The fourth-order valence-corrected chi connectivity index (χ4v) is 0.279. The number of halogens is 2. The van der Waals surface area contributed by atoms with E-state index in [4.69, 9.17) is 33.7 Å². The van der Waals surface area contributed by atoms with Gasteiger partial charge in [0.1, 0.15) is 16.6 Å². The van der Waals surface area contributed by atoms with Crippen LogP contribution in [0.15, 0.2) is 10.1 Å².